The number of carbonyl (C=O) groups excluding carboxylic acids is 2. The molecule has 11 heteroatoms. The molecule has 152 valence electrons. The Bertz CT molecular complexity index is 984. The number of nitrogens with zero attached hydrogens (tertiary/aromatic N) is 4. The molecular weight excluding hydrogens is 416 g/mol. The highest BCUT2D eigenvalue weighted by molar-refractivity contribution is 8.03. The molecule has 3 heterocycles. The van der Waals surface area contributed by atoms with Gasteiger partial charge in [0.05, 0.1) is 17.3 Å². The number of esters is 2. The van der Waals surface area contributed by atoms with Gasteiger partial charge in [-0.05, 0) is 44.7 Å². The molecule has 29 heavy (non-hydrogen) atoms. The Kier molecular flexibility index (Phi) is 6.38. The molecule has 0 saturated carbocycles. The predicted octanol–water partition coefficient (Wildman–Crippen LogP) is 2.40. The van der Waals surface area contributed by atoms with Crippen LogP contribution in [-0.2, 0) is 19.1 Å². The minimum Gasteiger partial charge on any atom is -0.501 e. The molecule has 1 aliphatic rings. The largest absolute Gasteiger partial charge is 0.501 e. The van der Waals surface area contributed by atoms with Crippen LogP contribution in [0.5, 0.6) is 0 Å². The number of cyclic esters (lactones) is 1. The van der Waals surface area contributed by atoms with Crippen molar-refractivity contribution in [2.45, 2.75) is 36.7 Å². The quantitative estimate of drug-likeness (QED) is 0.392. The van der Waals surface area contributed by atoms with Crippen molar-refractivity contribution in [2.24, 2.45) is 0 Å². The molecule has 0 spiro atoms. The molecule has 2 aromatic rings. The Morgan fingerprint density at radius 1 is 1.17 bits per heavy atom. The van der Waals surface area contributed by atoms with Crippen LogP contribution in [0.25, 0.3) is 0 Å². The molecule has 2 aromatic heterocycles. The molecule has 0 radical (unpaired) electrons. The second-order valence-electron chi connectivity index (χ2n) is 5.97. The Morgan fingerprint density at radius 3 is 2.41 bits per heavy atom. The van der Waals surface area contributed by atoms with Gasteiger partial charge in [-0.3, -0.25) is 0 Å². The molecule has 1 aliphatic heterocycles. The fourth-order valence-corrected chi connectivity index (χ4v) is 4.55. The summed E-state index contributed by atoms with van der Waals surface area (Å²) in [5.41, 5.74) is -0.415. The molecule has 1 atom stereocenters. The summed E-state index contributed by atoms with van der Waals surface area (Å²) in [7, 11) is 0. The highest BCUT2D eigenvalue weighted by atomic mass is 32.2. The van der Waals surface area contributed by atoms with Crippen LogP contribution in [0.15, 0.2) is 45.5 Å². The van der Waals surface area contributed by atoms with E-state index in [0.717, 1.165) is 29.2 Å². The van der Waals surface area contributed by atoms with E-state index in [9.17, 15) is 14.7 Å². The van der Waals surface area contributed by atoms with Gasteiger partial charge in [-0.2, -0.15) is 0 Å². The first-order chi connectivity index (χ1) is 13.9. The van der Waals surface area contributed by atoms with Crippen molar-refractivity contribution in [1.82, 2.24) is 19.9 Å². The monoisotopic (exact) mass is 434 g/mol. The SMILES string of the molecule is CCOC(=O)C1(CSc2nccc(C)n2)OC(=O)C(O)=C1Sc1nccc(C)n1. The maximum absolute atomic E-state index is 12.9. The van der Waals surface area contributed by atoms with E-state index in [-0.39, 0.29) is 22.4 Å². The number of hydrogen-bond acceptors (Lipinski definition) is 11. The molecule has 0 aliphatic carbocycles. The van der Waals surface area contributed by atoms with Crippen LogP contribution < -0.4 is 0 Å². The lowest BCUT2D eigenvalue weighted by Gasteiger charge is -2.26. The molecule has 0 saturated heterocycles. The van der Waals surface area contributed by atoms with Crippen LogP contribution in [0.4, 0.5) is 0 Å². The third-order valence-corrected chi connectivity index (χ3v) is 5.90. The van der Waals surface area contributed by atoms with Gasteiger partial charge in [0.1, 0.15) is 0 Å². The zero-order valence-corrected chi connectivity index (χ0v) is 17.5. The van der Waals surface area contributed by atoms with Gasteiger partial charge in [0.2, 0.25) is 5.76 Å². The van der Waals surface area contributed by atoms with E-state index in [1.165, 1.54) is 0 Å². The average molecular weight is 434 g/mol. The van der Waals surface area contributed by atoms with Crippen LogP contribution in [0.1, 0.15) is 18.3 Å². The average Bonchev–Trinajstić information content (AvgIpc) is 2.92. The zero-order valence-electron chi connectivity index (χ0n) is 15.9. The molecule has 9 nitrogen and oxygen atoms in total. The second kappa shape index (κ2) is 8.78. The number of thioether (sulfide) groups is 2. The number of carbonyl (C=O) groups is 2. The predicted molar refractivity (Wildman–Crippen MR) is 105 cm³/mol. The molecule has 0 aromatic carbocycles. The normalized spacial score (nSPS) is 18.7. The maximum Gasteiger partial charge on any atom is 0.375 e. The molecule has 1 N–H and O–H groups in total. The van der Waals surface area contributed by atoms with Crippen molar-refractivity contribution in [3.63, 3.8) is 0 Å². The van der Waals surface area contributed by atoms with Gasteiger partial charge < -0.3 is 14.6 Å². The van der Waals surface area contributed by atoms with Gasteiger partial charge >= 0.3 is 11.9 Å². The second-order valence-corrected chi connectivity index (χ2v) is 7.89. The highest BCUT2D eigenvalue weighted by Crippen LogP contribution is 2.45. The molecule has 0 amide bonds. The number of aliphatic hydroxyl groups is 1. The first kappa shape index (κ1) is 21.1. The standard InChI is InChI=1S/C18H18N4O5S2/c1-4-26-15(25)18(9-28-16-19-7-5-10(2)21-16)13(12(23)14(24)27-18)29-17-20-8-6-11(3)22-17/h5-8,23H,4,9H2,1-3H3. The molecule has 3 rings (SSSR count). The van der Waals surface area contributed by atoms with E-state index in [1.54, 1.807) is 38.4 Å². The van der Waals surface area contributed by atoms with Crippen molar-refractivity contribution in [3.8, 4) is 0 Å². The van der Waals surface area contributed by atoms with Crippen molar-refractivity contribution in [2.75, 3.05) is 12.4 Å². The topological polar surface area (TPSA) is 124 Å². The smallest absolute Gasteiger partial charge is 0.375 e. The summed E-state index contributed by atoms with van der Waals surface area (Å²) in [5, 5.41) is 11.0. The van der Waals surface area contributed by atoms with Crippen molar-refractivity contribution < 1.29 is 24.2 Å². The van der Waals surface area contributed by atoms with Crippen molar-refractivity contribution in [1.29, 1.82) is 0 Å². The Labute approximate surface area is 175 Å². The van der Waals surface area contributed by atoms with E-state index in [2.05, 4.69) is 19.9 Å². The van der Waals surface area contributed by atoms with Gasteiger partial charge in [-0.15, -0.1) is 0 Å². The zero-order chi connectivity index (χ0) is 21.0. The molecular formula is C18H18N4O5S2. The first-order valence-corrected chi connectivity index (χ1v) is 10.4. The van der Waals surface area contributed by atoms with Crippen LogP contribution >= 0.6 is 23.5 Å². The summed E-state index contributed by atoms with van der Waals surface area (Å²) in [6.07, 6.45) is 3.13. The van der Waals surface area contributed by atoms with Crippen LogP contribution in [0.3, 0.4) is 0 Å². The summed E-state index contributed by atoms with van der Waals surface area (Å²) in [5.74, 6) is -2.57. The van der Waals surface area contributed by atoms with E-state index in [4.69, 9.17) is 9.47 Å². The minimum absolute atomic E-state index is 0.0216. The fourth-order valence-electron chi connectivity index (χ4n) is 2.43. The summed E-state index contributed by atoms with van der Waals surface area (Å²) < 4.78 is 10.5. The number of hydrogen-bond donors (Lipinski definition) is 1. The van der Waals surface area contributed by atoms with Crippen LogP contribution in [0, 0.1) is 13.8 Å². The minimum atomic E-state index is -1.85. The van der Waals surface area contributed by atoms with Crippen molar-refractivity contribution in [3.05, 3.63) is 46.6 Å². The number of aromatic nitrogens is 4. The summed E-state index contributed by atoms with van der Waals surface area (Å²) >= 11 is 1.99. The molecule has 0 fully saturated rings. The van der Waals surface area contributed by atoms with Gasteiger partial charge in [-0.1, -0.05) is 11.8 Å². The summed E-state index contributed by atoms with van der Waals surface area (Å²) in [4.78, 5) is 41.8. The van der Waals surface area contributed by atoms with E-state index in [1.807, 2.05) is 6.92 Å². The Morgan fingerprint density at radius 2 is 1.79 bits per heavy atom. The highest BCUT2D eigenvalue weighted by Gasteiger charge is 2.56. The van der Waals surface area contributed by atoms with E-state index in [0.29, 0.717) is 10.9 Å². The van der Waals surface area contributed by atoms with E-state index >= 15 is 0 Å². The van der Waals surface area contributed by atoms with Gasteiger partial charge in [0, 0.05) is 23.8 Å². The lowest BCUT2D eigenvalue weighted by molar-refractivity contribution is -0.169. The third-order valence-electron chi connectivity index (χ3n) is 3.79. The number of aliphatic hydroxyl groups excluding tert-OH is 1. The molecule has 1 unspecified atom stereocenters. The van der Waals surface area contributed by atoms with Gasteiger partial charge in [-0.25, -0.2) is 29.5 Å². The van der Waals surface area contributed by atoms with Gasteiger partial charge in [0.25, 0.3) is 5.60 Å². The van der Waals surface area contributed by atoms with Crippen LogP contribution in [-0.4, -0.2) is 54.9 Å². The number of aryl methyl sites for hydroxylation is 2. The summed E-state index contributed by atoms with van der Waals surface area (Å²) in [6.45, 7) is 5.30. The van der Waals surface area contributed by atoms with Crippen molar-refractivity contribution >= 4 is 35.5 Å². The molecule has 0 bridgehead atoms. The van der Waals surface area contributed by atoms with E-state index < -0.39 is 23.3 Å². The lowest BCUT2D eigenvalue weighted by atomic mass is 10.1. The maximum atomic E-state index is 12.9. The van der Waals surface area contributed by atoms with Gasteiger partial charge in [0.15, 0.2) is 10.3 Å². The lowest BCUT2D eigenvalue weighted by Crippen LogP contribution is -2.44. The first-order valence-electron chi connectivity index (χ1n) is 8.60. The van der Waals surface area contributed by atoms with Crippen LogP contribution in [0.2, 0.25) is 0 Å². The fraction of sp³-hybridized carbons (Fsp3) is 0.333. The summed E-state index contributed by atoms with van der Waals surface area (Å²) in [6, 6.07) is 3.45. The Balaban J connectivity index is 1.98. The Hall–Kier alpha value is -2.66. The third kappa shape index (κ3) is 4.51. The number of rotatable bonds is 7. The number of ether oxygens (including phenoxy) is 2.